The van der Waals surface area contributed by atoms with Gasteiger partial charge in [0, 0.05) is 18.8 Å². The molecule has 0 aliphatic carbocycles. The number of thiazole rings is 1. The summed E-state index contributed by atoms with van der Waals surface area (Å²) in [5.74, 6) is -0.114. The van der Waals surface area contributed by atoms with Crippen LogP contribution < -0.4 is 5.32 Å². The fourth-order valence-corrected chi connectivity index (χ4v) is 6.73. The average Bonchev–Trinajstić information content (AvgIpc) is 3.41. The minimum absolute atomic E-state index is 0.114. The average molecular weight is 473 g/mol. The number of amides is 1. The van der Waals surface area contributed by atoms with Gasteiger partial charge in [-0.1, -0.05) is 26.0 Å². The van der Waals surface area contributed by atoms with E-state index in [9.17, 15) is 13.2 Å². The fourth-order valence-electron chi connectivity index (χ4n) is 4.14. The van der Waals surface area contributed by atoms with E-state index in [0.29, 0.717) is 18.8 Å². The number of likely N-dealkylation sites (tertiary alicyclic amines) is 1. The van der Waals surface area contributed by atoms with E-state index in [-0.39, 0.29) is 23.4 Å². The summed E-state index contributed by atoms with van der Waals surface area (Å²) in [6.07, 6.45) is 2.02. The Morgan fingerprint density at radius 2 is 1.88 bits per heavy atom. The SMILES string of the molecule is CCN(CC)S(=O)(=O)c1ccc(NC(=O)CN2CCC[C@@H]2c2nc3ccccc3s2)cc1. The molecule has 1 atom stereocenters. The smallest absolute Gasteiger partial charge is 0.243 e. The number of para-hydroxylation sites is 1. The van der Waals surface area contributed by atoms with Crippen LogP contribution in [0.2, 0.25) is 0 Å². The second-order valence-electron chi connectivity index (χ2n) is 7.81. The zero-order valence-electron chi connectivity index (χ0n) is 18.3. The van der Waals surface area contributed by atoms with Crippen molar-refractivity contribution in [2.75, 3.05) is 31.5 Å². The van der Waals surface area contributed by atoms with Crippen LogP contribution in [-0.4, -0.2) is 54.7 Å². The molecule has 0 spiro atoms. The quantitative estimate of drug-likeness (QED) is 0.534. The molecule has 1 aromatic heterocycles. The molecule has 2 aromatic carbocycles. The number of rotatable bonds is 8. The lowest BCUT2D eigenvalue weighted by Gasteiger charge is -2.22. The summed E-state index contributed by atoms with van der Waals surface area (Å²) in [4.78, 5) is 19.9. The molecule has 1 aliphatic rings. The van der Waals surface area contributed by atoms with Gasteiger partial charge in [0.1, 0.15) is 5.01 Å². The lowest BCUT2D eigenvalue weighted by molar-refractivity contribution is -0.117. The van der Waals surface area contributed by atoms with Crippen LogP contribution in [0.25, 0.3) is 10.2 Å². The monoisotopic (exact) mass is 472 g/mol. The maximum Gasteiger partial charge on any atom is 0.243 e. The van der Waals surface area contributed by atoms with Crippen LogP contribution in [0.3, 0.4) is 0 Å². The number of anilines is 1. The van der Waals surface area contributed by atoms with Gasteiger partial charge in [-0.25, -0.2) is 13.4 Å². The molecule has 1 aliphatic heterocycles. The third kappa shape index (κ3) is 4.71. The van der Waals surface area contributed by atoms with Gasteiger partial charge in [0.2, 0.25) is 15.9 Å². The lowest BCUT2D eigenvalue weighted by atomic mass is 10.2. The Labute approximate surface area is 193 Å². The molecule has 2 heterocycles. The van der Waals surface area contributed by atoms with Crippen LogP contribution in [0.4, 0.5) is 5.69 Å². The van der Waals surface area contributed by atoms with E-state index in [1.807, 2.05) is 32.0 Å². The van der Waals surface area contributed by atoms with Crippen molar-refractivity contribution >= 4 is 43.2 Å². The molecule has 0 saturated carbocycles. The van der Waals surface area contributed by atoms with Crippen molar-refractivity contribution in [3.05, 3.63) is 53.5 Å². The standard InChI is InChI=1S/C23H28N4O3S2/c1-3-27(4-2)32(29,30)18-13-11-17(12-14-18)24-22(28)16-26-15-7-9-20(26)23-25-19-8-5-6-10-21(19)31-23/h5-6,8,10-14,20H,3-4,7,9,15-16H2,1-2H3,(H,24,28)/t20-/m1/s1. The minimum Gasteiger partial charge on any atom is -0.325 e. The summed E-state index contributed by atoms with van der Waals surface area (Å²) in [5.41, 5.74) is 1.59. The second kappa shape index (κ2) is 9.66. The van der Waals surface area contributed by atoms with E-state index in [4.69, 9.17) is 4.98 Å². The predicted molar refractivity (Wildman–Crippen MR) is 128 cm³/mol. The number of sulfonamides is 1. The first-order valence-electron chi connectivity index (χ1n) is 10.9. The number of aromatic nitrogens is 1. The first kappa shape index (κ1) is 22.8. The zero-order chi connectivity index (χ0) is 22.7. The largest absolute Gasteiger partial charge is 0.325 e. The predicted octanol–water partition coefficient (Wildman–Crippen LogP) is 4.10. The summed E-state index contributed by atoms with van der Waals surface area (Å²) in [6, 6.07) is 14.6. The molecule has 0 radical (unpaired) electrons. The normalized spacial score (nSPS) is 17.3. The molecule has 170 valence electrons. The molecule has 0 unspecified atom stereocenters. The first-order valence-corrected chi connectivity index (χ1v) is 13.2. The summed E-state index contributed by atoms with van der Waals surface area (Å²) < 4.78 is 27.8. The zero-order valence-corrected chi connectivity index (χ0v) is 20.0. The summed E-state index contributed by atoms with van der Waals surface area (Å²) >= 11 is 1.69. The van der Waals surface area contributed by atoms with Crippen LogP contribution in [0.1, 0.15) is 37.7 Å². The molecule has 4 rings (SSSR count). The number of carbonyl (C=O) groups excluding carboxylic acids is 1. The molecule has 32 heavy (non-hydrogen) atoms. The Morgan fingerprint density at radius 3 is 2.56 bits per heavy atom. The van der Waals surface area contributed by atoms with Crippen LogP contribution >= 0.6 is 11.3 Å². The third-order valence-electron chi connectivity index (χ3n) is 5.79. The molecule has 1 fully saturated rings. The third-order valence-corrected chi connectivity index (χ3v) is 8.99. The van der Waals surface area contributed by atoms with Crippen LogP contribution in [0.5, 0.6) is 0 Å². The Balaban J connectivity index is 1.41. The summed E-state index contributed by atoms with van der Waals surface area (Å²) in [6.45, 7) is 5.60. The van der Waals surface area contributed by atoms with E-state index in [1.165, 1.54) is 9.01 Å². The van der Waals surface area contributed by atoms with Gasteiger partial charge in [0.15, 0.2) is 0 Å². The van der Waals surface area contributed by atoms with Crippen LogP contribution in [0, 0.1) is 0 Å². The molecular formula is C23H28N4O3S2. The van der Waals surface area contributed by atoms with Gasteiger partial charge in [0.25, 0.3) is 0 Å². The van der Waals surface area contributed by atoms with Gasteiger partial charge >= 0.3 is 0 Å². The molecule has 7 nitrogen and oxygen atoms in total. The van der Waals surface area contributed by atoms with Gasteiger partial charge in [-0.05, 0) is 55.8 Å². The minimum atomic E-state index is -3.51. The molecule has 9 heteroatoms. The van der Waals surface area contributed by atoms with E-state index in [2.05, 4.69) is 16.3 Å². The van der Waals surface area contributed by atoms with Gasteiger partial charge in [-0.15, -0.1) is 11.3 Å². The number of hydrogen-bond donors (Lipinski definition) is 1. The molecule has 3 aromatic rings. The molecular weight excluding hydrogens is 444 g/mol. The number of fused-ring (bicyclic) bond motifs is 1. The highest BCUT2D eigenvalue weighted by atomic mass is 32.2. The number of benzene rings is 2. The van der Waals surface area contributed by atoms with Crippen molar-refractivity contribution in [2.24, 2.45) is 0 Å². The number of hydrogen-bond acceptors (Lipinski definition) is 6. The topological polar surface area (TPSA) is 82.6 Å². The Bertz CT molecular complexity index is 1150. The second-order valence-corrected chi connectivity index (χ2v) is 10.8. The van der Waals surface area contributed by atoms with Crippen molar-refractivity contribution in [3.8, 4) is 0 Å². The van der Waals surface area contributed by atoms with Crippen molar-refractivity contribution in [1.29, 1.82) is 0 Å². The first-order chi connectivity index (χ1) is 15.4. The van der Waals surface area contributed by atoms with Gasteiger partial charge in [0.05, 0.1) is 27.7 Å². The van der Waals surface area contributed by atoms with E-state index in [0.717, 1.165) is 29.9 Å². The van der Waals surface area contributed by atoms with Crippen molar-refractivity contribution < 1.29 is 13.2 Å². The van der Waals surface area contributed by atoms with E-state index in [1.54, 1.807) is 35.6 Å². The van der Waals surface area contributed by atoms with Gasteiger partial charge < -0.3 is 5.32 Å². The van der Waals surface area contributed by atoms with E-state index < -0.39 is 10.0 Å². The maximum atomic E-state index is 12.7. The summed E-state index contributed by atoms with van der Waals surface area (Å²) in [7, 11) is -3.51. The Morgan fingerprint density at radius 1 is 1.16 bits per heavy atom. The fraction of sp³-hybridized carbons (Fsp3) is 0.391. The van der Waals surface area contributed by atoms with Crippen molar-refractivity contribution in [2.45, 2.75) is 37.6 Å². The van der Waals surface area contributed by atoms with E-state index >= 15 is 0 Å². The maximum absolute atomic E-state index is 12.7. The number of carbonyl (C=O) groups is 1. The lowest BCUT2D eigenvalue weighted by Crippen LogP contribution is -2.33. The molecule has 0 bridgehead atoms. The van der Waals surface area contributed by atoms with Crippen LogP contribution in [-0.2, 0) is 14.8 Å². The molecule has 1 saturated heterocycles. The highest BCUT2D eigenvalue weighted by Gasteiger charge is 2.30. The van der Waals surface area contributed by atoms with Crippen LogP contribution in [0.15, 0.2) is 53.4 Å². The summed E-state index contributed by atoms with van der Waals surface area (Å²) in [5, 5.41) is 3.96. The van der Waals surface area contributed by atoms with Gasteiger partial charge in [-0.2, -0.15) is 4.31 Å². The van der Waals surface area contributed by atoms with Gasteiger partial charge in [-0.3, -0.25) is 9.69 Å². The molecule has 1 amide bonds. The Hall–Kier alpha value is -2.33. The number of nitrogens with zero attached hydrogens (tertiary/aromatic N) is 3. The van der Waals surface area contributed by atoms with Crippen molar-refractivity contribution in [1.82, 2.24) is 14.2 Å². The number of nitrogens with one attached hydrogen (secondary N) is 1. The molecule has 1 N–H and O–H groups in total. The van der Waals surface area contributed by atoms with Crippen molar-refractivity contribution in [3.63, 3.8) is 0 Å². The highest BCUT2D eigenvalue weighted by molar-refractivity contribution is 7.89. The highest BCUT2D eigenvalue weighted by Crippen LogP contribution is 2.36. The Kier molecular flexibility index (Phi) is 6.90.